The van der Waals surface area contributed by atoms with Gasteiger partial charge in [0.2, 0.25) is 0 Å². The van der Waals surface area contributed by atoms with Crippen LogP contribution < -0.4 is 14.2 Å². The third kappa shape index (κ3) is 11.7. The highest BCUT2D eigenvalue weighted by Crippen LogP contribution is 2.33. The first-order chi connectivity index (χ1) is 20.9. The molecule has 0 saturated carbocycles. The van der Waals surface area contributed by atoms with E-state index in [0.717, 1.165) is 62.0 Å². The zero-order valence-corrected chi connectivity index (χ0v) is 26.0. The van der Waals surface area contributed by atoms with Gasteiger partial charge in [-0.25, -0.2) is 4.79 Å². The number of esters is 1. The van der Waals surface area contributed by atoms with Crippen LogP contribution in [0.15, 0.2) is 66.7 Å². The number of unbranched alkanes of at least 4 members (excludes halogenated alkanes) is 9. The van der Waals surface area contributed by atoms with Gasteiger partial charge in [0.1, 0.15) is 11.5 Å². The predicted molar refractivity (Wildman–Crippen MR) is 172 cm³/mol. The first-order valence-corrected chi connectivity index (χ1v) is 15.9. The van der Waals surface area contributed by atoms with Gasteiger partial charge in [0, 0.05) is 0 Å². The molecule has 0 N–H and O–H groups in total. The van der Waals surface area contributed by atoms with Crippen LogP contribution in [0.3, 0.4) is 0 Å². The van der Waals surface area contributed by atoms with Crippen LogP contribution in [0.1, 0.15) is 108 Å². The van der Waals surface area contributed by atoms with Crippen LogP contribution >= 0.6 is 0 Å². The van der Waals surface area contributed by atoms with Crippen LogP contribution in [-0.2, 0) is 0 Å². The van der Waals surface area contributed by atoms with Gasteiger partial charge in [-0.3, -0.25) is 10.1 Å². The molecule has 0 bridgehead atoms. The Balaban J connectivity index is 1.51. The first-order valence-electron chi connectivity index (χ1n) is 15.9. The summed E-state index contributed by atoms with van der Waals surface area (Å²) in [5.74, 6) is 0.525. The fourth-order valence-corrected chi connectivity index (χ4v) is 4.89. The van der Waals surface area contributed by atoms with E-state index < -0.39 is 10.9 Å². The van der Waals surface area contributed by atoms with E-state index in [0.29, 0.717) is 5.56 Å². The molecule has 0 saturated heterocycles. The number of carbonyl (C=O) groups excluding carboxylic acids is 1. The summed E-state index contributed by atoms with van der Waals surface area (Å²) >= 11 is 0. The molecule has 1 atom stereocenters. The molecule has 0 amide bonds. The van der Waals surface area contributed by atoms with Gasteiger partial charge in [0.25, 0.3) is 0 Å². The van der Waals surface area contributed by atoms with E-state index in [9.17, 15) is 14.9 Å². The molecule has 7 heteroatoms. The highest BCUT2D eigenvalue weighted by molar-refractivity contribution is 5.91. The van der Waals surface area contributed by atoms with Crippen LogP contribution in [0.4, 0.5) is 5.69 Å². The average Bonchev–Trinajstić information content (AvgIpc) is 3.01. The first kappa shape index (κ1) is 33.6. The molecule has 0 aromatic heterocycles. The number of nitro groups is 1. The molecule has 3 aromatic carbocycles. The number of rotatable bonds is 20. The Bertz CT molecular complexity index is 1260. The molecule has 232 valence electrons. The van der Waals surface area contributed by atoms with E-state index in [1.165, 1.54) is 56.7 Å². The monoisotopic (exact) mass is 589 g/mol. The molecule has 3 rings (SSSR count). The standard InChI is InChI=1S/C36H47NO6/c1-4-6-8-10-11-12-14-26-41-32-22-20-30(21-23-32)29-16-18-31(19-17-29)36(38)43-33-24-25-35(34(27-33)37(39)40)42-28(3)15-13-9-7-5-2/h16-25,27-28H,4-15,26H2,1-3H3/t28-/m0/s1. The predicted octanol–water partition coefficient (Wildman–Crippen LogP) is 10.3. The topological polar surface area (TPSA) is 87.9 Å². The van der Waals surface area contributed by atoms with Gasteiger partial charge < -0.3 is 14.2 Å². The summed E-state index contributed by atoms with van der Waals surface area (Å²) in [6.07, 6.45) is 13.9. The second kappa shape index (κ2) is 18.6. The SMILES string of the molecule is CCCCCCCCCOc1ccc(-c2ccc(C(=O)Oc3ccc(O[C@@H](C)CCCCCC)c([N+](=O)[O-])c3)cc2)cc1. The molecule has 43 heavy (non-hydrogen) atoms. The van der Waals surface area contributed by atoms with Crippen LogP contribution in [0, 0.1) is 10.1 Å². The van der Waals surface area contributed by atoms with E-state index in [-0.39, 0.29) is 23.3 Å². The van der Waals surface area contributed by atoms with E-state index in [1.807, 2.05) is 43.3 Å². The van der Waals surface area contributed by atoms with Crippen LogP contribution in [0.5, 0.6) is 17.2 Å². The highest BCUT2D eigenvalue weighted by atomic mass is 16.6. The molecule has 0 unspecified atom stereocenters. The van der Waals surface area contributed by atoms with Crippen molar-refractivity contribution in [2.24, 2.45) is 0 Å². The summed E-state index contributed by atoms with van der Waals surface area (Å²) in [5.41, 5.74) is 2.09. The maximum atomic E-state index is 12.8. The van der Waals surface area contributed by atoms with Gasteiger partial charge in [-0.1, -0.05) is 95.9 Å². The Morgan fingerprint density at radius 2 is 1.30 bits per heavy atom. The zero-order valence-electron chi connectivity index (χ0n) is 26.0. The highest BCUT2D eigenvalue weighted by Gasteiger charge is 2.20. The molecule has 0 heterocycles. The van der Waals surface area contributed by atoms with Crippen LogP contribution in [-0.4, -0.2) is 23.6 Å². The second-order valence-corrected chi connectivity index (χ2v) is 11.1. The lowest BCUT2D eigenvalue weighted by Crippen LogP contribution is -2.13. The van der Waals surface area contributed by atoms with Crippen molar-refractivity contribution in [3.05, 3.63) is 82.4 Å². The summed E-state index contributed by atoms with van der Waals surface area (Å²) in [7, 11) is 0. The Kier molecular flexibility index (Phi) is 14.6. The summed E-state index contributed by atoms with van der Waals surface area (Å²) in [6, 6.07) is 19.3. The van der Waals surface area contributed by atoms with Crippen molar-refractivity contribution in [1.82, 2.24) is 0 Å². The lowest BCUT2D eigenvalue weighted by molar-refractivity contribution is -0.386. The molecule has 7 nitrogen and oxygen atoms in total. The molecule has 0 spiro atoms. The van der Waals surface area contributed by atoms with Gasteiger partial charge in [-0.05, 0) is 73.7 Å². The summed E-state index contributed by atoms with van der Waals surface area (Å²) in [5, 5.41) is 11.7. The summed E-state index contributed by atoms with van der Waals surface area (Å²) < 4.78 is 17.2. The number of carbonyl (C=O) groups is 1. The largest absolute Gasteiger partial charge is 0.494 e. The van der Waals surface area contributed by atoms with Crippen molar-refractivity contribution >= 4 is 11.7 Å². The number of hydrogen-bond donors (Lipinski definition) is 0. The third-order valence-electron chi connectivity index (χ3n) is 7.45. The number of hydrogen-bond acceptors (Lipinski definition) is 6. The minimum atomic E-state index is -0.590. The molecule has 0 aliphatic carbocycles. The second-order valence-electron chi connectivity index (χ2n) is 11.1. The molecule has 0 fully saturated rings. The van der Waals surface area contributed by atoms with Gasteiger partial charge in [-0.2, -0.15) is 0 Å². The molecule has 3 aromatic rings. The number of nitro benzene ring substituents is 1. The zero-order chi connectivity index (χ0) is 30.9. The van der Waals surface area contributed by atoms with Gasteiger partial charge in [0.05, 0.1) is 29.3 Å². The Morgan fingerprint density at radius 1 is 0.744 bits per heavy atom. The fourth-order valence-electron chi connectivity index (χ4n) is 4.89. The molecular weight excluding hydrogens is 542 g/mol. The number of nitrogens with zero attached hydrogens (tertiary/aromatic N) is 1. The van der Waals surface area contributed by atoms with Crippen molar-refractivity contribution in [2.45, 2.75) is 104 Å². The number of benzene rings is 3. The van der Waals surface area contributed by atoms with Crippen molar-refractivity contribution in [1.29, 1.82) is 0 Å². The lowest BCUT2D eigenvalue weighted by Gasteiger charge is -2.15. The van der Waals surface area contributed by atoms with Crippen molar-refractivity contribution < 1.29 is 23.9 Å². The average molecular weight is 590 g/mol. The smallest absolute Gasteiger partial charge is 0.343 e. The Hall–Kier alpha value is -3.87. The minimum absolute atomic E-state index is 0.0933. The Morgan fingerprint density at radius 3 is 1.93 bits per heavy atom. The summed E-state index contributed by atoms with van der Waals surface area (Å²) in [6.45, 7) is 7.02. The van der Waals surface area contributed by atoms with E-state index in [4.69, 9.17) is 14.2 Å². The quantitative estimate of drug-likeness (QED) is 0.0428. The van der Waals surface area contributed by atoms with Gasteiger partial charge in [-0.15, -0.1) is 0 Å². The third-order valence-corrected chi connectivity index (χ3v) is 7.45. The molecular formula is C36H47NO6. The van der Waals surface area contributed by atoms with Crippen molar-refractivity contribution in [3.8, 4) is 28.4 Å². The van der Waals surface area contributed by atoms with Crippen LogP contribution in [0.2, 0.25) is 0 Å². The van der Waals surface area contributed by atoms with E-state index >= 15 is 0 Å². The lowest BCUT2D eigenvalue weighted by atomic mass is 10.0. The number of ether oxygens (including phenoxy) is 3. The van der Waals surface area contributed by atoms with Crippen LogP contribution in [0.25, 0.3) is 11.1 Å². The van der Waals surface area contributed by atoms with E-state index in [1.54, 1.807) is 12.1 Å². The maximum absolute atomic E-state index is 12.8. The minimum Gasteiger partial charge on any atom is -0.494 e. The molecule has 0 aliphatic rings. The molecule has 0 aliphatic heterocycles. The normalized spacial score (nSPS) is 11.6. The van der Waals surface area contributed by atoms with Crippen molar-refractivity contribution in [2.75, 3.05) is 6.61 Å². The van der Waals surface area contributed by atoms with Crippen molar-refractivity contribution in [3.63, 3.8) is 0 Å². The molecule has 0 radical (unpaired) electrons. The van der Waals surface area contributed by atoms with Gasteiger partial charge >= 0.3 is 11.7 Å². The summed E-state index contributed by atoms with van der Waals surface area (Å²) in [4.78, 5) is 24.0. The fraction of sp³-hybridized carbons (Fsp3) is 0.472. The maximum Gasteiger partial charge on any atom is 0.343 e. The Labute approximate surface area is 256 Å². The van der Waals surface area contributed by atoms with E-state index in [2.05, 4.69) is 13.8 Å². The van der Waals surface area contributed by atoms with Gasteiger partial charge in [0.15, 0.2) is 5.75 Å².